The molecule has 2 unspecified atom stereocenters. The van der Waals surface area contributed by atoms with Crippen LogP contribution in [-0.2, 0) is 6.54 Å². The Morgan fingerprint density at radius 2 is 1.51 bits per heavy atom. The molecule has 3 aromatic rings. The number of aliphatic hydroxyl groups is 1. The Hall–Kier alpha value is -2.71. The number of nitrogens with zero attached hydrogens (tertiary/aromatic N) is 2. The molecule has 1 saturated heterocycles. The molecular weight excluding hydrogens is 516 g/mol. The van der Waals surface area contributed by atoms with E-state index in [4.69, 9.17) is 30.5 Å². The number of aliphatic hydroxyl groups excluding tert-OH is 1. The molecule has 0 aromatic heterocycles. The summed E-state index contributed by atoms with van der Waals surface area (Å²) in [5, 5.41) is 14.1. The number of hydrogen-bond acceptors (Lipinski definition) is 7. The Balaban J connectivity index is 1.47. The number of methoxy groups -OCH3 is 4. The first-order valence-corrected chi connectivity index (χ1v) is 14.0. The van der Waals surface area contributed by atoms with E-state index in [1.165, 1.54) is 0 Å². The number of piperazine rings is 1. The van der Waals surface area contributed by atoms with Gasteiger partial charge in [-0.1, -0.05) is 49.6 Å². The predicted molar refractivity (Wildman–Crippen MR) is 157 cm³/mol. The van der Waals surface area contributed by atoms with Crippen LogP contribution in [0.15, 0.2) is 42.5 Å². The number of benzene rings is 3. The summed E-state index contributed by atoms with van der Waals surface area (Å²) in [5.41, 5.74) is 2.04. The maximum atomic E-state index is 11.6. The van der Waals surface area contributed by atoms with E-state index >= 15 is 0 Å². The number of hydrogen-bond donors (Lipinski definition) is 1. The minimum atomic E-state index is -0.580. The molecule has 1 N–H and O–H groups in total. The highest BCUT2D eigenvalue weighted by atomic mass is 35.5. The van der Waals surface area contributed by atoms with Crippen molar-refractivity contribution in [1.82, 2.24) is 9.80 Å². The van der Waals surface area contributed by atoms with Crippen molar-refractivity contribution in [3.8, 4) is 23.0 Å². The predicted octanol–water partition coefficient (Wildman–Crippen LogP) is 5.94. The molecule has 212 valence electrons. The van der Waals surface area contributed by atoms with E-state index in [0.717, 1.165) is 73.9 Å². The van der Waals surface area contributed by atoms with Crippen LogP contribution < -0.4 is 18.9 Å². The van der Waals surface area contributed by atoms with Crippen molar-refractivity contribution in [3.63, 3.8) is 0 Å². The molecule has 4 rings (SSSR count). The van der Waals surface area contributed by atoms with E-state index < -0.39 is 6.10 Å². The lowest BCUT2D eigenvalue weighted by atomic mass is 9.94. The average molecular weight is 557 g/mol. The van der Waals surface area contributed by atoms with Crippen LogP contribution >= 0.6 is 11.6 Å². The quantitative estimate of drug-likeness (QED) is 0.296. The van der Waals surface area contributed by atoms with Crippen LogP contribution in [0.3, 0.4) is 0 Å². The molecule has 1 heterocycles. The van der Waals surface area contributed by atoms with Crippen LogP contribution in [0, 0.1) is 0 Å². The summed E-state index contributed by atoms with van der Waals surface area (Å²) >= 11 is 6.53. The van der Waals surface area contributed by atoms with Gasteiger partial charge in [0.25, 0.3) is 0 Å². The van der Waals surface area contributed by atoms with Gasteiger partial charge in [-0.25, -0.2) is 0 Å². The van der Waals surface area contributed by atoms with Gasteiger partial charge in [-0.15, -0.1) is 0 Å². The first-order valence-electron chi connectivity index (χ1n) is 13.6. The van der Waals surface area contributed by atoms with E-state index in [1.54, 1.807) is 28.4 Å². The summed E-state index contributed by atoms with van der Waals surface area (Å²) in [6.07, 6.45) is 2.54. The van der Waals surface area contributed by atoms with Gasteiger partial charge in [-0.2, -0.15) is 0 Å². The van der Waals surface area contributed by atoms with Crippen molar-refractivity contribution in [2.24, 2.45) is 0 Å². The summed E-state index contributed by atoms with van der Waals surface area (Å²) in [5.74, 6) is 2.60. The largest absolute Gasteiger partial charge is 0.495 e. The first-order chi connectivity index (χ1) is 18.9. The number of unbranched alkanes of at least 4 members (excludes halogenated alkanes) is 1. The Morgan fingerprint density at radius 1 is 0.846 bits per heavy atom. The van der Waals surface area contributed by atoms with E-state index in [-0.39, 0.29) is 6.04 Å². The second-order valence-corrected chi connectivity index (χ2v) is 10.4. The van der Waals surface area contributed by atoms with Crippen LogP contribution in [-0.4, -0.2) is 75.6 Å². The lowest BCUT2D eigenvalue weighted by molar-refractivity contribution is 0.0112. The molecular formula is C31H41ClN2O5. The summed E-state index contributed by atoms with van der Waals surface area (Å²) in [4.78, 5) is 4.89. The van der Waals surface area contributed by atoms with Crippen molar-refractivity contribution in [2.75, 3.05) is 54.6 Å². The lowest BCUT2D eigenvalue weighted by Crippen LogP contribution is -2.51. The van der Waals surface area contributed by atoms with Crippen LogP contribution in [0.5, 0.6) is 23.0 Å². The van der Waals surface area contributed by atoms with Gasteiger partial charge in [0.15, 0.2) is 11.5 Å². The van der Waals surface area contributed by atoms with Gasteiger partial charge in [-0.3, -0.25) is 9.80 Å². The fraction of sp³-hybridized carbons (Fsp3) is 0.484. The van der Waals surface area contributed by atoms with Gasteiger partial charge in [0, 0.05) is 44.2 Å². The maximum Gasteiger partial charge on any atom is 0.203 e. The third-order valence-electron chi connectivity index (χ3n) is 7.73. The van der Waals surface area contributed by atoms with E-state index in [2.05, 4.69) is 22.8 Å². The van der Waals surface area contributed by atoms with E-state index in [1.807, 2.05) is 36.4 Å². The second-order valence-electron chi connectivity index (χ2n) is 10.1. The zero-order chi connectivity index (χ0) is 27.9. The van der Waals surface area contributed by atoms with Gasteiger partial charge in [0.2, 0.25) is 5.75 Å². The Kier molecular flexibility index (Phi) is 10.2. The highest BCUT2D eigenvalue weighted by molar-refractivity contribution is 6.37. The Labute approximate surface area is 237 Å². The van der Waals surface area contributed by atoms with E-state index in [9.17, 15) is 5.11 Å². The van der Waals surface area contributed by atoms with Crippen molar-refractivity contribution < 1.29 is 24.1 Å². The fourth-order valence-corrected chi connectivity index (χ4v) is 5.86. The molecule has 2 atom stereocenters. The highest BCUT2D eigenvalue weighted by Gasteiger charge is 2.30. The molecule has 0 saturated carbocycles. The Morgan fingerprint density at radius 3 is 2.10 bits per heavy atom. The molecule has 3 aromatic carbocycles. The van der Waals surface area contributed by atoms with Crippen molar-refractivity contribution >= 4 is 22.4 Å². The summed E-state index contributed by atoms with van der Waals surface area (Å²) in [6, 6.07) is 14.0. The SMILES string of the molecule is CCCCC(C(O)c1ccc2c(Cl)c(OC)ccc2c1)N1CCN(Cc2cc(OC)c(OC)c(OC)c2)CC1. The molecule has 8 heteroatoms. The summed E-state index contributed by atoms with van der Waals surface area (Å²) in [7, 11) is 6.52. The normalized spacial score (nSPS) is 16.2. The van der Waals surface area contributed by atoms with Crippen molar-refractivity contribution in [1.29, 1.82) is 0 Å². The summed E-state index contributed by atoms with van der Waals surface area (Å²) in [6.45, 7) is 6.61. The molecule has 7 nitrogen and oxygen atoms in total. The van der Waals surface area contributed by atoms with Gasteiger partial charge >= 0.3 is 0 Å². The van der Waals surface area contributed by atoms with Gasteiger partial charge in [0.1, 0.15) is 5.75 Å². The standard InChI is InChI=1S/C31H41ClN2O5/c1-6-7-8-25(30(35)23-9-11-24-22(19-23)10-12-26(36-2)29(24)32)34-15-13-33(14-16-34)20-21-17-27(37-3)31(39-5)28(18-21)38-4/h9-12,17-19,25,30,35H,6-8,13-16,20H2,1-5H3. The van der Waals surface area contributed by atoms with Gasteiger partial charge in [-0.05, 0) is 47.2 Å². The third kappa shape index (κ3) is 6.55. The fourth-order valence-electron chi connectivity index (χ4n) is 5.55. The number of rotatable bonds is 12. The zero-order valence-electron chi connectivity index (χ0n) is 23.7. The first kappa shape index (κ1) is 29.3. The molecule has 39 heavy (non-hydrogen) atoms. The molecule has 0 amide bonds. The molecule has 0 bridgehead atoms. The van der Waals surface area contributed by atoms with Gasteiger partial charge < -0.3 is 24.1 Å². The van der Waals surface area contributed by atoms with Crippen LogP contribution in [0.1, 0.15) is 43.4 Å². The molecule has 0 aliphatic carbocycles. The number of fused-ring (bicyclic) bond motifs is 1. The van der Waals surface area contributed by atoms with E-state index in [0.29, 0.717) is 28.0 Å². The second kappa shape index (κ2) is 13.6. The van der Waals surface area contributed by atoms with Crippen molar-refractivity contribution in [2.45, 2.75) is 44.9 Å². The summed E-state index contributed by atoms with van der Waals surface area (Å²) < 4.78 is 21.9. The zero-order valence-corrected chi connectivity index (χ0v) is 24.5. The maximum absolute atomic E-state index is 11.6. The highest BCUT2D eigenvalue weighted by Crippen LogP contribution is 2.39. The molecule has 1 aliphatic rings. The smallest absolute Gasteiger partial charge is 0.203 e. The number of ether oxygens (including phenoxy) is 4. The minimum Gasteiger partial charge on any atom is -0.495 e. The monoisotopic (exact) mass is 556 g/mol. The van der Waals surface area contributed by atoms with Crippen LogP contribution in [0.25, 0.3) is 10.8 Å². The minimum absolute atomic E-state index is 0.0550. The molecule has 1 aliphatic heterocycles. The molecule has 0 radical (unpaired) electrons. The lowest BCUT2D eigenvalue weighted by Gasteiger charge is -2.41. The van der Waals surface area contributed by atoms with Crippen LogP contribution in [0.2, 0.25) is 5.02 Å². The number of halogens is 1. The third-order valence-corrected chi connectivity index (χ3v) is 8.12. The average Bonchev–Trinajstić information content (AvgIpc) is 2.97. The van der Waals surface area contributed by atoms with Crippen molar-refractivity contribution in [3.05, 3.63) is 58.6 Å². The Bertz CT molecular complexity index is 1220. The van der Waals surface area contributed by atoms with Crippen LogP contribution in [0.4, 0.5) is 0 Å². The molecule has 0 spiro atoms. The topological polar surface area (TPSA) is 63.6 Å². The van der Waals surface area contributed by atoms with Gasteiger partial charge in [0.05, 0.1) is 39.6 Å². The molecule has 1 fully saturated rings.